The topological polar surface area (TPSA) is 29.9 Å². The molecular weight excluding hydrogens is 210 g/mol. The zero-order valence-electron chi connectivity index (χ0n) is 11.5. The van der Waals surface area contributed by atoms with Gasteiger partial charge in [0.2, 0.25) is 5.95 Å². The van der Waals surface area contributed by atoms with Crippen LogP contribution in [0.1, 0.15) is 51.8 Å². The predicted octanol–water partition coefficient (Wildman–Crippen LogP) is 3.62. The first-order valence-electron chi connectivity index (χ1n) is 6.96. The molecule has 1 aromatic heterocycles. The van der Waals surface area contributed by atoms with Gasteiger partial charge in [-0.05, 0) is 38.5 Å². The van der Waals surface area contributed by atoms with Gasteiger partial charge in [-0.3, -0.25) is 0 Å². The zero-order valence-corrected chi connectivity index (χ0v) is 11.5. The number of rotatable bonds is 4. The minimum atomic E-state index is 0.634. The Hall–Kier alpha value is -0.990. The second kappa shape index (κ2) is 5.11. The highest BCUT2D eigenvalue weighted by atomic mass is 15.2. The van der Waals surface area contributed by atoms with Gasteiger partial charge in [0.05, 0.1) is 5.69 Å². The summed E-state index contributed by atoms with van der Waals surface area (Å²) >= 11 is 0. The molecular formula is C14H25N3. The Labute approximate surface area is 105 Å². The lowest BCUT2D eigenvalue weighted by Crippen LogP contribution is -2.17. The minimum Gasteiger partial charge on any atom is -0.356 e. The Bertz CT molecular complexity index is 370. The molecule has 3 atom stereocenters. The first-order chi connectivity index (χ1) is 8.17. The average molecular weight is 235 g/mol. The number of hydrogen-bond donors (Lipinski definition) is 1. The first kappa shape index (κ1) is 12.5. The molecule has 0 spiro atoms. The Morgan fingerprint density at radius 2 is 2.18 bits per heavy atom. The predicted molar refractivity (Wildman–Crippen MR) is 72.3 cm³/mol. The van der Waals surface area contributed by atoms with Crippen LogP contribution in [0.4, 0.5) is 5.95 Å². The van der Waals surface area contributed by atoms with Gasteiger partial charge < -0.3 is 9.88 Å². The number of nitrogens with zero attached hydrogens (tertiary/aromatic N) is 2. The maximum absolute atomic E-state index is 4.58. The average Bonchev–Trinajstić information content (AvgIpc) is 2.82. The lowest BCUT2D eigenvalue weighted by molar-refractivity contribution is 0.331. The van der Waals surface area contributed by atoms with Crippen LogP contribution in [-0.4, -0.2) is 16.1 Å². The molecule has 0 aromatic carbocycles. The van der Waals surface area contributed by atoms with Gasteiger partial charge in [0.1, 0.15) is 0 Å². The number of nitrogens with one attached hydrogen (secondary N) is 1. The van der Waals surface area contributed by atoms with Gasteiger partial charge in [0.25, 0.3) is 0 Å². The van der Waals surface area contributed by atoms with Crippen LogP contribution in [0.15, 0.2) is 6.20 Å². The molecule has 1 aromatic rings. The molecule has 0 radical (unpaired) electrons. The second-order valence-corrected chi connectivity index (χ2v) is 5.32. The van der Waals surface area contributed by atoms with Crippen molar-refractivity contribution in [2.75, 3.05) is 11.9 Å². The van der Waals surface area contributed by atoms with Crippen molar-refractivity contribution in [2.45, 2.75) is 53.0 Å². The minimum absolute atomic E-state index is 0.634. The number of hydrogen-bond acceptors (Lipinski definition) is 2. The number of anilines is 1. The summed E-state index contributed by atoms with van der Waals surface area (Å²) in [7, 11) is 0. The Morgan fingerprint density at radius 3 is 2.76 bits per heavy atom. The van der Waals surface area contributed by atoms with E-state index in [4.69, 9.17) is 0 Å². The zero-order chi connectivity index (χ0) is 12.4. The van der Waals surface area contributed by atoms with Crippen molar-refractivity contribution in [1.29, 1.82) is 0 Å². The number of imidazole rings is 1. The maximum Gasteiger partial charge on any atom is 0.203 e. The molecule has 96 valence electrons. The van der Waals surface area contributed by atoms with E-state index >= 15 is 0 Å². The van der Waals surface area contributed by atoms with Crippen LogP contribution in [0.2, 0.25) is 0 Å². The third-order valence-corrected chi connectivity index (χ3v) is 4.25. The highest BCUT2D eigenvalue weighted by molar-refractivity contribution is 5.29. The summed E-state index contributed by atoms with van der Waals surface area (Å²) in [5, 5.41) is 3.38. The van der Waals surface area contributed by atoms with Crippen molar-refractivity contribution < 1.29 is 0 Å². The molecule has 0 amide bonds. The molecule has 2 rings (SSSR count). The molecule has 3 heteroatoms. The summed E-state index contributed by atoms with van der Waals surface area (Å²) in [6, 6.07) is 0.634. The summed E-state index contributed by atoms with van der Waals surface area (Å²) in [4.78, 5) is 4.58. The molecule has 0 saturated heterocycles. The maximum atomic E-state index is 4.58. The molecule has 1 N–H and O–H groups in total. The van der Waals surface area contributed by atoms with Crippen molar-refractivity contribution in [3.63, 3.8) is 0 Å². The van der Waals surface area contributed by atoms with E-state index in [-0.39, 0.29) is 0 Å². The van der Waals surface area contributed by atoms with E-state index in [0.717, 1.165) is 30.0 Å². The van der Waals surface area contributed by atoms with Crippen molar-refractivity contribution in [1.82, 2.24) is 9.55 Å². The molecule has 1 heterocycles. The SMILES string of the molecule is CCNc1nc(C)cn1C1CCC(CC)C1C. The molecule has 0 bridgehead atoms. The molecule has 3 unspecified atom stereocenters. The first-order valence-corrected chi connectivity index (χ1v) is 6.96. The fourth-order valence-corrected chi connectivity index (χ4v) is 3.25. The summed E-state index contributed by atoms with van der Waals surface area (Å²) in [6.07, 6.45) is 6.18. The molecule has 1 aliphatic rings. The van der Waals surface area contributed by atoms with Gasteiger partial charge in [-0.2, -0.15) is 0 Å². The molecule has 17 heavy (non-hydrogen) atoms. The van der Waals surface area contributed by atoms with Crippen LogP contribution in [0.3, 0.4) is 0 Å². The van der Waals surface area contributed by atoms with Crippen LogP contribution in [0.25, 0.3) is 0 Å². The quantitative estimate of drug-likeness (QED) is 0.863. The number of aryl methyl sites for hydroxylation is 1. The largest absolute Gasteiger partial charge is 0.356 e. The Balaban J connectivity index is 2.22. The highest BCUT2D eigenvalue weighted by Crippen LogP contribution is 2.42. The van der Waals surface area contributed by atoms with Gasteiger partial charge in [0.15, 0.2) is 0 Å². The van der Waals surface area contributed by atoms with Gasteiger partial charge in [-0.1, -0.05) is 20.3 Å². The normalized spacial score (nSPS) is 28.6. The van der Waals surface area contributed by atoms with E-state index in [1.807, 2.05) is 0 Å². The standard InChI is InChI=1S/C14H25N3/c1-5-12-7-8-13(11(12)4)17-9-10(3)16-14(17)15-6-2/h9,11-13H,5-8H2,1-4H3,(H,15,16). The number of aromatic nitrogens is 2. The van der Waals surface area contributed by atoms with E-state index in [9.17, 15) is 0 Å². The van der Waals surface area contributed by atoms with Crippen molar-refractivity contribution in [3.8, 4) is 0 Å². The van der Waals surface area contributed by atoms with E-state index in [2.05, 4.69) is 48.8 Å². The Kier molecular flexibility index (Phi) is 3.75. The summed E-state index contributed by atoms with van der Waals surface area (Å²) < 4.78 is 2.37. The lowest BCUT2D eigenvalue weighted by Gasteiger charge is -2.22. The van der Waals surface area contributed by atoms with E-state index in [0.29, 0.717) is 6.04 Å². The third kappa shape index (κ3) is 2.33. The summed E-state index contributed by atoms with van der Waals surface area (Å²) in [5.41, 5.74) is 1.12. The van der Waals surface area contributed by atoms with Gasteiger partial charge in [-0.25, -0.2) is 4.98 Å². The van der Waals surface area contributed by atoms with Gasteiger partial charge in [0, 0.05) is 18.8 Å². The fourth-order valence-electron chi connectivity index (χ4n) is 3.25. The van der Waals surface area contributed by atoms with Crippen LogP contribution >= 0.6 is 0 Å². The van der Waals surface area contributed by atoms with Crippen molar-refractivity contribution in [2.24, 2.45) is 11.8 Å². The van der Waals surface area contributed by atoms with Gasteiger partial charge in [-0.15, -0.1) is 0 Å². The van der Waals surface area contributed by atoms with Crippen molar-refractivity contribution >= 4 is 5.95 Å². The van der Waals surface area contributed by atoms with Crippen molar-refractivity contribution in [3.05, 3.63) is 11.9 Å². The summed E-state index contributed by atoms with van der Waals surface area (Å²) in [5.74, 6) is 2.71. The summed E-state index contributed by atoms with van der Waals surface area (Å²) in [6.45, 7) is 9.86. The smallest absolute Gasteiger partial charge is 0.203 e. The van der Waals surface area contributed by atoms with E-state index in [1.54, 1.807) is 0 Å². The highest BCUT2D eigenvalue weighted by Gasteiger charge is 2.33. The molecule has 1 fully saturated rings. The van der Waals surface area contributed by atoms with Gasteiger partial charge >= 0.3 is 0 Å². The molecule has 1 aliphatic carbocycles. The van der Waals surface area contributed by atoms with E-state index < -0.39 is 0 Å². The molecule has 1 saturated carbocycles. The molecule has 0 aliphatic heterocycles. The fraction of sp³-hybridized carbons (Fsp3) is 0.786. The molecule has 3 nitrogen and oxygen atoms in total. The Morgan fingerprint density at radius 1 is 1.41 bits per heavy atom. The van der Waals surface area contributed by atoms with Crippen LogP contribution in [0, 0.1) is 18.8 Å². The van der Waals surface area contributed by atoms with E-state index in [1.165, 1.54) is 19.3 Å². The van der Waals surface area contributed by atoms with Crippen LogP contribution in [-0.2, 0) is 0 Å². The lowest BCUT2D eigenvalue weighted by atomic mass is 9.93. The monoisotopic (exact) mass is 235 g/mol. The van der Waals surface area contributed by atoms with Crippen LogP contribution in [0.5, 0.6) is 0 Å². The second-order valence-electron chi connectivity index (χ2n) is 5.32. The third-order valence-electron chi connectivity index (χ3n) is 4.25. The van der Waals surface area contributed by atoms with Crippen LogP contribution < -0.4 is 5.32 Å².